The van der Waals surface area contributed by atoms with Gasteiger partial charge in [-0.15, -0.1) is 0 Å². The standard InChI is InChI=1S/C28H34N2O/c1-30(2)27(24-13-7-4-8-14-24)18-16-25(17-19-27)28(31,21-23-11-5-3-6-12-23)22-26-15-9-10-20-29-26/h3-15,20,25,31H,16-19,21-22H2,1-2H3. The number of nitrogens with zero attached hydrogens (tertiary/aromatic N) is 2. The monoisotopic (exact) mass is 414 g/mol. The molecule has 1 N–H and O–H groups in total. The van der Waals surface area contributed by atoms with Gasteiger partial charge in [0.15, 0.2) is 0 Å². The van der Waals surface area contributed by atoms with Crippen LogP contribution in [-0.2, 0) is 18.4 Å². The van der Waals surface area contributed by atoms with Gasteiger partial charge in [-0.3, -0.25) is 9.88 Å². The van der Waals surface area contributed by atoms with Crippen LogP contribution in [0.25, 0.3) is 0 Å². The number of benzene rings is 2. The van der Waals surface area contributed by atoms with Crippen molar-refractivity contribution in [3.05, 3.63) is 102 Å². The Kier molecular flexibility index (Phi) is 6.54. The lowest BCUT2D eigenvalue weighted by Crippen LogP contribution is -2.50. The van der Waals surface area contributed by atoms with Gasteiger partial charge in [0.1, 0.15) is 0 Å². The smallest absolute Gasteiger partial charge is 0.0771 e. The highest BCUT2D eigenvalue weighted by Crippen LogP contribution is 2.47. The molecule has 1 saturated carbocycles. The molecule has 0 saturated heterocycles. The van der Waals surface area contributed by atoms with Gasteiger partial charge in [-0.2, -0.15) is 0 Å². The van der Waals surface area contributed by atoms with Gasteiger partial charge in [0.05, 0.1) is 5.60 Å². The van der Waals surface area contributed by atoms with E-state index in [4.69, 9.17) is 0 Å². The molecule has 0 bridgehead atoms. The molecule has 31 heavy (non-hydrogen) atoms. The molecule has 0 aliphatic heterocycles. The number of hydrogen-bond donors (Lipinski definition) is 1. The second-order valence-corrected chi connectivity index (χ2v) is 9.33. The second-order valence-electron chi connectivity index (χ2n) is 9.33. The van der Waals surface area contributed by atoms with Crippen LogP contribution >= 0.6 is 0 Å². The summed E-state index contributed by atoms with van der Waals surface area (Å²) < 4.78 is 0. The topological polar surface area (TPSA) is 36.4 Å². The number of aromatic nitrogens is 1. The summed E-state index contributed by atoms with van der Waals surface area (Å²) in [6, 6.07) is 27.3. The highest BCUT2D eigenvalue weighted by molar-refractivity contribution is 5.26. The molecule has 3 aromatic rings. The van der Waals surface area contributed by atoms with Gasteiger partial charge in [0.25, 0.3) is 0 Å². The minimum Gasteiger partial charge on any atom is -0.389 e. The van der Waals surface area contributed by atoms with Gasteiger partial charge in [-0.25, -0.2) is 0 Å². The third-order valence-electron chi connectivity index (χ3n) is 7.31. The van der Waals surface area contributed by atoms with E-state index in [1.54, 1.807) is 0 Å². The van der Waals surface area contributed by atoms with E-state index in [9.17, 15) is 5.11 Å². The summed E-state index contributed by atoms with van der Waals surface area (Å²) in [6.07, 6.45) is 7.18. The average molecular weight is 415 g/mol. The maximum absolute atomic E-state index is 12.1. The van der Waals surface area contributed by atoms with E-state index >= 15 is 0 Å². The van der Waals surface area contributed by atoms with Crippen LogP contribution in [0.4, 0.5) is 0 Å². The summed E-state index contributed by atoms with van der Waals surface area (Å²) in [5.74, 6) is 0.242. The third kappa shape index (κ3) is 4.73. The minimum atomic E-state index is -0.801. The van der Waals surface area contributed by atoms with Gasteiger partial charge >= 0.3 is 0 Å². The molecular formula is C28H34N2O. The Labute approximate surface area is 186 Å². The Balaban J connectivity index is 1.59. The summed E-state index contributed by atoms with van der Waals surface area (Å²) in [5.41, 5.74) is 2.78. The van der Waals surface area contributed by atoms with E-state index in [1.807, 2.05) is 30.5 Å². The molecule has 2 aromatic carbocycles. The molecular weight excluding hydrogens is 380 g/mol. The van der Waals surface area contributed by atoms with Crippen molar-refractivity contribution in [1.29, 1.82) is 0 Å². The summed E-state index contributed by atoms with van der Waals surface area (Å²) in [5, 5.41) is 12.1. The van der Waals surface area contributed by atoms with Crippen LogP contribution < -0.4 is 0 Å². The first-order chi connectivity index (χ1) is 15.0. The normalized spacial score (nSPS) is 23.4. The first-order valence-corrected chi connectivity index (χ1v) is 11.4. The predicted molar refractivity (Wildman–Crippen MR) is 127 cm³/mol. The molecule has 0 spiro atoms. The van der Waals surface area contributed by atoms with Crippen LogP contribution in [0, 0.1) is 5.92 Å². The molecule has 0 amide bonds. The zero-order valence-corrected chi connectivity index (χ0v) is 18.7. The fourth-order valence-corrected chi connectivity index (χ4v) is 5.49. The van der Waals surface area contributed by atoms with Crippen LogP contribution in [0.15, 0.2) is 85.1 Å². The molecule has 162 valence electrons. The molecule has 1 aliphatic rings. The van der Waals surface area contributed by atoms with Crippen molar-refractivity contribution in [2.45, 2.75) is 49.7 Å². The third-order valence-corrected chi connectivity index (χ3v) is 7.31. The Bertz CT molecular complexity index is 891. The van der Waals surface area contributed by atoms with E-state index in [-0.39, 0.29) is 11.5 Å². The zero-order chi connectivity index (χ0) is 21.7. The quantitative estimate of drug-likeness (QED) is 0.574. The number of aliphatic hydroxyl groups is 1. The van der Waals surface area contributed by atoms with Crippen LogP contribution in [0.2, 0.25) is 0 Å². The van der Waals surface area contributed by atoms with Crippen LogP contribution in [0.1, 0.15) is 42.5 Å². The summed E-state index contributed by atoms with van der Waals surface area (Å²) in [6.45, 7) is 0. The number of rotatable bonds is 7. The van der Waals surface area contributed by atoms with Crippen LogP contribution in [-0.4, -0.2) is 34.7 Å². The number of pyridine rings is 1. The molecule has 0 radical (unpaired) electrons. The Morgan fingerprint density at radius 1 is 0.871 bits per heavy atom. The number of hydrogen-bond acceptors (Lipinski definition) is 3. The fraction of sp³-hybridized carbons (Fsp3) is 0.393. The Morgan fingerprint density at radius 2 is 1.48 bits per heavy atom. The lowest BCUT2D eigenvalue weighted by molar-refractivity contribution is -0.0553. The van der Waals surface area contributed by atoms with Gasteiger partial charge in [0, 0.05) is 30.3 Å². The maximum Gasteiger partial charge on any atom is 0.0771 e. The first-order valence-electron chi connectivity index (χ1n) is 11.4. The maximum atomic E-state index is 12.1. The van der Waals surface area contributed by atoms with E-state index in [0.29, 0.717) is 12.8 Å². The van der Waals surface area contributed by atoms with Gasteiger partial charge in [-0.05, 0) is 69.0 Å². The second kappa shape index (κ2) is 9.33. The van der Waals surface area contributed by atoms with E-state index in [2.05, 4.69) is 78.6 Å². The fourth-order valence-electron chi connectivity index (χ4n) is 5.49. The summed E-state index contributed by atoms with van der Waals surface area (Å²) in [4.78, 5) is 6.92. The van der Waals surface area contributed by atoms with Crippen molar-refractivity contribution < 1.29 is 5.11 Å². The van der Waals surface area contributed by atoms with Crippen molar-refractivity contribution >= 4 is 0 Å². The highest BCUT2D eigenvalue weighted by atomic mass is 16.3. The summed E-state index contributed by atoms with van der Waals surface area (Å²) in [7, 11) is 4.38. The minimum absolute atomic E-state index is 0.0381. The molecule has 1 aliphatic carbocycles. The van der Waals surface area contributed by atoms with Crippen molar-refractivity contribution in [2.75, 3.05) is 14.1 Å². The largest absolute Gasteiger partial charge is 0.389 e. The Morgan fingerprint density at radius 3 is 2.06 bits per heavy atom. The Hall–Kier alpha value is -2.49. The molecule has 3 heteroatoms. The summed E-state index contributed by atoms with van der Waals surface area (Å²) >= 11 is 0. The van der Waals surface area contributed by atoms with Crippen molar-refractivity contribution in [2.24, 2.45) is 5.92 Å². The zero-order valence-electron chi connectivity index (χ0n) is 18.7. The molecule has 1 aromatic heterocycles. The van der Waals surface area contributed by atoms with Gasteiger partial charge in [0.2, 0.25) is 0 Å². The molecule has 1 heterocycles. The van der Waals surface area contributed by atoms with E-state index < -0.39 is 5.60 Å². The highest BCUT2D eigenvalue weighted by Gasteiger charge is 2.45. The molecule has 1 atom stereocenters. The first kappa shape index (κ1) is 21.7. The van der Waals surface area contributed by atoms with Crippen LogP contribution in [0.5, 0.6) is 0 Å². The van der Waals surface area contributed by atoms with Crippen LogP contribution in [0.3, 0.4) is 0 Å². The SMILES string of the molecule is CN(C)C1(c2ccccc2)CCC(C(O)(Cc2ccccc2)Cc2ccccn2)CC1. The lowest BCUT2D eigenvalue weighted by Gasteiger charge is -2.49. The lowest BCUT2D eigenvalue weighted by atomic mass is 9.65. The average Bonchev–Trinajstić information content (AvgIpc) is 2.81. The molecule has 1 unspecified atom stereocenters. The molecule has 1 fully saturated rings. The van der Waals surface area contributed by atoms with E-state index in [1.165, 1.54) is 11.1 Å². The van der Waals surface area contributed by atoms with E-state index in [0.717, 1.165) is 31.4 Å². The van der Waals surface area contributed by atoms with Crippen molar-refractivity contribution in [1.82, 2.24) is 9.88 Å². The van der Waals surface area contributed by atoms with Crippen molar-refractivity contribution in [3.8, 4) is 0 Å². The molecule has 3 nitrogen and oxygen atoms in total. The molecule has 4 rings (SSSR count). The van der Waals surface area contributed by atoms with Crippen molar-refractivity contribution in [3.63, 3.8) is 0 Å². The predicted octanol–water partition coefficient (Wildman–Crippen LogP) is 5.25. The van der Waals surface area contributed by atoms with Gasteiger partial charge in [-0.1, -0.05) is 66.7 Å². The van der Waals surface area contributed by atoms with Gasteiger partial charge < -0.3 is 5.11 Å².